The molecule has 0 bridgehead atoms. The van der Waals surface area contributed by atoms with E-state index in [4.69, 9.17) is 0 Å². The van der Waals surface area contributed by atoms with Gasteiger partial charge in [0.2, 0.25) is 0 Å². The number of nitrogens with one attached hydrogen (secondary N) is 2. The van der Waals surface area contributed by atoms with Crippen LogP contribution in [0, 0.1) is 12.7 Å². The highest BCUT2D eigenvalue weighted by atomic mass is 127. The Labute approximate surface area is 175 Å². The summed E-state index contributed by atoms with van der Waals surface area (Å²) in [6.45, 7) is 3.24. The van der Waals surface area contributed by atoms with Crippen LogP contribution in [-0.2, 0) is 13.1 Å². The molecule has 7 heteroatoms. The van der Waals surface area contributed by atoms with Crippen LogP contribution in [0.3, 0.4) is 0 Å². The minimum Gasteiger partial charge on any atom is -0.352 e. The molecule has 1 heterocycles. The molecule has 0 radical (unpaired) electrons. The number of aromatic nitrogens is 2. The second-order valence-electron chi connectivity index (χ2n) is 5.96. The van der Waals surface area contributed by atoms with Gasteiger partial charge in [-0.3, -0.25) is 4.99 Å². The molecule has 0 atom stereocenters. The molecular formula is C20H23FIN5. The first kappa shape index (κ1) is 20.9. The topological polar surface area (TPSA) is 54.2 Å². The summed E-state index contributed by atoms with van der Waals surface area (Å²) in [6.07, 6.45) is 4.92. The van der Waals surface area contributed by atoms with E-state index in [-0.39, 0.29) is 29.8 Å². The fraction of sp³-hybridized carbons (Fsp3) is 0.200. The Balaban J connectivity index is 0.00000261. The van der Waals surface area contributed by atoms with Crippen LogP contribution in [0.4, 0.5) is 4.39 Å². The second-order valence-corrected chi connectivity index (χ2v) is 5.96. The Hall–Kier alpha value is -2.42. The van der Waals surface area contributed by atoms with Crippen molar-refractivity contribution in [1.82, 2.24) is 20.2 Å². The minimum absolute atomic E-state index is 0. The van der Waals surface area contributed by atoms with Gasteiger partial charge in [0.15, 0.2) is 5.96 Å². The van der Waals surface area contributed by atoms with E-state index in [2.05, 4.69) is 39.7 Å². The van der Waals surface area contributed by atoms with Gasteiger partial charge in [0.05, 0.1) is 12.0 Å². The number of aliphatic imine (C=N–C) groups is 1. The number of hydrogen-bond acceptors (Lipinski definition) is 2. The second kappa shape index (κ2) is 10.1. The maximum atomic E-state index is 14.3. The van der Waals surface area contributed by atoms with Crippen molar-refractivity contribution in [1.29, 1.82) is 0 Å². The highest BCUT2D eigenvalue weighted by molar-refractivity contribution is 14.0. The number of benzene rings is 2. The van der Waals surface area contributed by atoms with Gasteiger partial charge in [-0.1, -0.05) is 30.3 Å². The van der Waals surface area contributed by atoms with Crippen LogP contribution < -0.4 is 10.6 Å². The molecule has 0 aliphatic heterocycles. The predicted octanol–water partition coefficient (Wildman–Crippen LogP) is 3.80. The summed E-state index contributed by atoms with van der Waals surface area (Å²) in [7, 11) is 1.72. The molecule has 0 unspecified atom stereocenters. The Morgan fingerprint density at radius 3 is 2.59 bits per heavy atom. The van der Waals surface area contributed by atoms with Crippen molar-refractivity contribution in [3.63, 3.8) is 0 Å². The zero-order valence-corrected chi connectivity index (χ0v) is 17.6. The molecule has 3 aromatic rings. The van der Waals surface area contributed by atoms with Crippen LogP contribution >= 0.6 is 24.0 Å². The van der Waals surface area contributed by atoms with Crippen LogP contribution in [0.1, 0.15) is 16.7 Å². The third-order valence-corrected chi connectivity index (χ3v) is 4.19. The molecule has 0 saturated heterocycles. The lowest BCUT2D eigenvalue weighted by Crippen LogP contribution is -2.36. The molecular weight excluding hydrogens is 456 g/mol. The largest absolute Gasteiger partial charge is 0.352 e. The average Bonchev–Trinajstić information content (AvgIpc) is 3.17. The van der Waals surface area contributed by atoms with E-state index in [0.29, 0.717) is 24.7 Å². The Morgan fingerprint density at radius 1 is 1.15 bits per heavy atom. The molecule has 0 spiro atoms. The van der Waals surface area contributed by atoms with Crippen molar-refractivity contribution in [2.75, 3.05) is 7.05 Å². The normalized spacial score (nSPS) is 11.0. The molecule has 3 rings (SSSR count). The number of rotatable bonds is 5. The molecule has 5 nitrogen and oxygen atoms in total. The van der Waals surface area contributed by atoms with Crippen LogP contribution in [-0.4, -0.2) is 22.6 Å². The van der Waals surface area contributed by atoms with Crippen molar-refractivity contribution in [2.45, 2.75) is 20.0 Å². The van der Waals surface area contributed by atoms with Crippen LogP contribution in [0.15, 0.2) is 66.2 Å². The first-order valence-corrected chi connectivity index (χ1v) is 8.43. The SMILES string of the molecule is CN=C(NCc1ccc(-n2ccnc2)c(F)c1)NCc1ccccc1C.I. The number of imidazole rings is 1. The van der Waals surface area contributed by atoms with E-state index in [0.717, 1.165) is 5.56 Å². The molecule has 0 fully saturated rings. The summed E-state index contributed by atoms with van der Waals surface area (Å²) < 4.78 is 16.0. The van der Waals surface area contributed by atoms with Gasteiger partial charge >= 0.3 is 0 Å². The number of guanidine groups is 1. The summed E-state index contributed by atoms with van der Waals surface area (Å²) >= 11 is 0. The number of aryl methyl sites for hydroxylation is 1. The number of nitrogens with zero attached hydrogens (tertiary/aromatic N) is 3. The van der Waals surface area contributed by atoms with Crippen LogP contribution in [0.25, 0.3) is 5.69 Å². The van der Waals surface area contributed by atoms with Gasteiger partial charge in [0, 0.05) is 32.5 Å². The van der Waals surface area contributed by atoms with Gasteiger partial charge in [-0.25, -0.2) is 9.37 Å². The van der Waals surface area contributed by atoms with Crippen molar-refractivity contribution >= 4 is 29.9 Å². The van der Waals surface area contributed by atoms with Gasteiger partial charge in [0.25, 0.3) is 0 Å². The Morgan fingerprint density at radius 2 is 1.93 bits per heavy atom. The first-order chi connectivity index (χ1) is 12.7. The maximum absolute atomic E-state index is 14.3. The molecule has 1 aromatic heterocycles. The molecule has 0 saturated carbocycles. The monoisotopic (exact) mass is 479 g/mol. The molecule has 142 valence electrons. The maximum Gasteiger partial charge on any atom is 0.191 e. The van der Waals surface area contributed by atoms with Gasteiger partial charge < -0.3 is 15.2 Å². The van der Waals surface area contributed by atoms with Crippen molar-refractivity contribution in [3.8, 4) is 5.69 Å². The van der Waals surface area contributed by atoms with Crippen LogP contribution in [0.5, 0.6) is 0 Å². The number of halogens is 2. The molecule has 2 N–H and O–H groups in total. The third-order valence-electron chi connectivity index (χ3n) is 4.19. The smallest absolute Gasteiger partial charge is 0.191 e. The van der Waals surface area contributed by atoms with E-state index in [9.17, 15) is 4.39 Å². The first-order valence-electron chi connectivity index (χ1n) is 8.43. The number of hydrogen-bond donors (Lipinski definition) is 2. The van der Waals surface area contributed by atoms with E-state index in [1.54, 1.807) is 36.4 Å². The third kappa shape index (κ3) is 5.53. The fourth-order valence-corrected chi connectivity index (χ4v) is 2.67. The lowest BCUT2D eigenvalue weighted by atomic mass is 10.1. The molecule has 0 aliphatic rings. The van der Waals surface area contributed by atoms with Gasteiger partial charge in [0.1, 0.15) is 5.82 Å². The lowest BCUT2D eigenvalue weighted by molar-refractivity contribution is 0.615. The standard InChI is InChI=1S/C20H22FN5.HI/c1-15-5-3-4-6-17(15)13-25-20(22-2)24-12-16-7-8-19(18(21)11-16)26-10-9-23-14-26;/h3-11,14H,12-13H2,1-2H3,(H2,22,24,25);1H. The molecule has 2 aromatic carbocycles. The van der Waals surface area contributed by atoms with Gasteiger partial charge in [-0.05, 0) is 35.7 Å². The summed E-state index contributed by atoms with van der Waals surface area (Å²) in [5.41, 5.74) is 3.76. The predicted molar refractivity (Wildman–Crippen MR) is 117 cm³/mol. The van der Waals surface area contributed by atoms with Gasteiger partial charge in [-0.2, -0.15) is 0 Å². The fourth-order valence-electron chi connectivity index (χ4n) is 2.67. The van der Waals surface area contributed by atoms with Gasteiger partial charge in [-0.15, -0.1) is 24.0 Å². The van der Waals surface area contributed by atoms with Crippen molar-refractivity contribution < 1.29 is 4.39 Å². The quantitative estimate of drug-likeness (QED) is 0.333. The molecule has 0 amide bonds. The van der Waals surface area contributed by atoms with E-state index in [1.807, 2.05) is 18.2 Å². The van der Waals surface area contributed by atoms with Crippen molar-refractivity contribution in [3.05, 3.63) is 83.7 Å². The van der Waals surface area contributed by atoms with E-state index in [1.165, 1.54) is 17.2 Å². The highest BCUT2D eigenvalue weighted by Crippen LogP contribution is 2.15. The summed E-state index contributed by atoms with van der Waals surface area (Å²) in [5.74, 6) is 0.387. The highest BCUT2D eigenvalue weighted by Gasteiger charge is 2.06. The summed E-state index contributed by atoms with van der Waals surface area (Å²) in [5, 5.41) is 6.49. The zero-order chi connectivity index (χ0) is 18.4. The van der Waals surface area contributed by atoms with Crippen LogP contribution in [0.2, 0.25) is 0 Å². The van der Waals surface area contributed by atoms with E-state index < -0.39 is 0 Å². The lowest BCUT2D eigenvalue weighted by Gasteiger charge is -2.14. The Bertz CT molecular complexity index is 893. The van der Waals surface area contributed by atoms with Crippen molar-refractivity contribution in [2.24, 2.45) is 4.99 Å². The summed E-state index contributed by atoms with van der Waals surface area (Å²) in [4.78, 5) is 8.16. The zero-order valence-electron chi connectivity index (χ0n) is 15.3. The average molecular weight is 479 g/mol. The molecule has 0 aliphatic carbocycles. The minimum atomic E-state index is -0.287. The summed E-state index contributed by atoms with van der Waals surface area (Å²) in [6, 6.07) is 13.4. The Kier molecular flexibility index (Phi) is 7.78. The van der Waals surface area contributed by atoms with E-state index >= 15 is 0 Å². The molecule has 27 heavy (non-hydrogen) atoms.